The zero-order valence-electron chi connectivity index (χ0n) is 16.6. The highest BCUT2D eigenvalue weighted by molar-refractivity contribution is 5.95. The summed E-state index contributed by atoms with van der Waals surface area (Å²) < 4.78 is 13.9. The SMILES string of the molecule is COc1nn(C)c(=O)n1-c1ccccc1COc1cc(C)c(C(C)=O)cc1C. The lowest BCUT2D eigenvalue weighted by molar-refractivity contribution is 0.101. The van der Waals surface area contributed by atoms with Crippen LogP contribution in [0.2, 0.25) is 0 Å². The number of ketones is 1. The van der Waals surface area contributed by atoms with Crippen LogP contribution in [-0.4, -0.2) is 27.2 Å². The molecule has 0 saturated heterocycles. The molecule has 0 spiro atoms. The molecule has 0 atom stereocenters. The number of aryl methyl sites for hydroxylation is 3. The molecule has 3 aromatic rings. The highest BCUT2D eigenvalue weighted by atomic mass is 16.5. The Labute approximate surface area is 163 Å². The number of benzene rings is 2. The molecule has 0 aliphatic carbocycles. The molecule has 0 amide bonds. The quantitative estimate of drug-likeness (QED) is 0.614. The van der Waals surface area contributed by atoms with Gasteiger partial charge in [-0.2, -0.15) is 0 Å². The fourth-order valence-corrected chi connectivity index (χ4v) is 3.11. The molecule has 0 aliphatic heterocycles. The van der Waals surface area contributed by atoms with E-state index in [1.165, 1.54) is 16.4 Å². The molecule has 0 radical (unpaired) electrons. The molecule has 146 valence electrons. The molecule has 7 heteroatoms. The molecule has 0 aliphatic rings. The maximum Gasteiger partial charge on any atom is 0.353 e. The van der Waals surface area contributed by atoms with Crippen LogP contribution in [0.15, 0.2) is 41.2 Å². The molecule has 2 aromatic carbocycles. The molecule has 0 saturated carbocycles. The number of rotatable bonds is 6. The van der Waals surface area contributed by atoms with E-state index in [1.54, 1.807) is 14.0 Å². The second kappa shape index (κ2) is 7.72. The summed E-state index contributed by atoms with van der Waals surface area (Å²) in [5.74, 6) is 0.725. The number of hydrogen-bond acceptors (Lipinski definition) is 5. The lowest BCUT2D eigenvalue weighted by Crippen LogP contribution is -2.22. The van der Waals surface area contributed by atoms with E-state index in [9.17, 15) is 9.59 Å². The summed E-state index contributed by atoms with van der Waals surface area (Å²) >= 11 is 0. The smallest absolute Gasteiger partial charge is 0.353 e. The number of aromatic nitrogens is 3. The first-order valence-corrected chi connectivity index (χ1v) is 8.86. The average molecular weight is 381 g/mol. The monoisotopic (exact) mass is 381 g/mol. The third-order valence-electron chi connectivity index (χ3n) is 4.59. The maximum atomic E-state index is 12.5. The van der Waals surface area contributed by atoms with Gasteiger partial charge in [0, 0.05) is 18.2 Å². The average Bonchev–Trinajstić information content (AvgIpc) is 2.96. The summed E-state index contributed by atoms with van der Waals surface area (Å²) in [4.78, 5) is 24.2. The van der Waals surface area contributed by atoms with Crippen LogP contribution >= 0.6 is 0 Å². The summed E-state index contributed by atoms with van der Waals surface area (Å²) in [6.45, 7) is 5.59. The van der Waals surface area contributed by atoms with E-state index in [0.29, 0.717) is 17.0 Å². The van der Waals surface area contributed by atoms with Gasteiger partial charge in [-0.1, -0.05) is 18.2 Å². The Morgan fingerprint density at radius 1 is 1.14 bits per heavy atom. The Kier molecular flexibility index (Phi) is 5.35. The van der Waals surface area contributed by atoms with Crippen molar-refractivity contribution in [3.05, 3.63) is 69.1 Å². The minimum atomic E-state index is -0.304. The molecule has 1 aromatic heterocycles. The molecule has 0 fully saturated rings. The van der Waals surface area contributed by atoms with Crippen LogP contribution in [0.4, 0.5) is 0 Å². The molecule has 0 bridgehead atoms. The van der Waals surface area contributed by atoms with Crippen molar-refractivity contribution in [1.82, 2.24) is 14.3 Å². The molecule has 7 nitrogen and oxygen atoms in total. The normalized spacial score (nSPS) is 10.8. The van der Waals surface area contributed by atoms with Crippen LogP contribution in [0.5, 0.6) is 11.8 Å². The van der Waals surface area contributed by atoms with Crippen molar-refractivity contribution in [3.8, 4) is 17.4 Å². The zero-order valence-corrected chi connectivity index (χ0v) is 16.6. The van der Waals surface area contributed by atoms with Crippen molar-refractivity contribution in [1.29, 1.82) is 0 Å². The Morgan fingerprint density at radius 2 is 1.86 bits per heavy atom. The van der Waals surface area contributed by atoms with Gasteiger partial charge in [0.1, 0.15) is 12.4 Å². The highest BCUT2D eigenvalue weighted by Gasteiger charge is 2.17. The number of nitrogens with zero attached hydrogens (tertiary/aromatic N) is 3. The van der Waals surface area contributed by atoms with Crippen molar-refractivity contribution in [2.75, 3.05) is 7.11 Å². The van der Waals surface area contributed by atoms with Gasteiger partial charge < -0.3 is 9.47 Å². The summed E-state index contributed by atoms with van der Waals surface area (Å²) in [6, 6.07) is 11.3. The van der Waals surface area contributed by atoms with Gasteiger partial charge >= 0.3 is 11.7 Å². The molecular formula is C21H23N3O4. The van der Waals surface area contributed by atoms with Gasteiger partial charge in [0.15, 0.2) is 5.78 Å². The second-order valence-electron chi connectivity index (χ2n) is 6.63. The Morgan fingerprint density at radius 3 is 2.54 bits per heavy atom. The van der Waals surface area contributed by atoms with Gasteiger partial charge in [-0.3, -0.25) is 4.79 Å². The van der Waals surface area contributed by atoms with Crippen LogP contribution in [0.1, 0.15) is 34.0 Å². The van der Waals surface area contributed by atoms with Gasteiger partial charge in [-0.25, -0.2) is 14.0 Å². The third kappa shape index (κ3) is 3.55. The summed E-state index contributed by atoms with van der Waals surface area (Å²) in [6.07, 6.45) is 0. The van der Waals surface area contributed by atoms with E-state index in [-0.39, 0.29) is 24.1 Å². The number of carbonyl (C=O) groups is 1. The Balaban J connectivity index is 1.95. The van der Waals surface area contributed by atoms with Crippen molar-refractivity contribution in [2.45, 2.75) is 27.4 Å². The first kappa shape index (κ1) is 19.4. The van der Waals surface area contributed by atoms with Crippen molar-refractivity contribution < 1.29 is 14.3 Å². The second-order valence-corrected chi connectivity index (χ2v) is 6.63. The van der Waals surface area contributed by atoms with Crippen molar-refractivity contribution in [2.24, 2.45) is 7.05 Å². The van der Waals surface area contributed by atoms with Crippen LogP contribution in [0.3, 0.4) is 0 Å². The first-order valence-electron chi connectivity index (χ1n) is 8.86. The standard InChI is InChI=1S/C21H23N3O4/c1-13-11-19(14(2)10-17(13)15(3)25)28-12-16-8-6-7-9-18(16)24-20(27-5)22-23(4)21(24)26/h6-11H,12H2,1-5H3. The van der Waals surface area contributed by atoms with Gasteiger partial charge in [0.05, 0.1) is 12.8 Å². The zero-order chi connectivity index (χ0) is 20.4. The number of hydrogen-bond donors (Lipinski definition) is 0. The Hall–Kier alpha value is -3.35. The fraction of sp³-hybridized carbons (Fsp3) is 0.286. The molecule has 0 N–H and O–H groups in total. The molecular weight excluding hydrogens is 358 g/mol. The van der Waals surface area contributed by atoms with Gasteiger partial charge in [-0.15, -0.1) is 5.10 Å². The lowest BCUT2D eigenvalue weighted by atomic mass is 10.0. The summed E-state index contributed by atoms with van der Waals surface area (Å²) in [5.41, 5.74) is 3.59. The topological polar surface area (TPSA) is 75.3 Å². The predicted octanol–water partition coefficient (Wildman–Crippen LogP) is 2.98. The maximum absolute atomic E-state index is 12.5. The van der Waals surface area contributed by atoms with Crippen LogP contribution < -0.4 is 15.2 Å². The van der Waals surface area contributed by atoms with Crippen LogP contribution in [0, 0.1) is 13.8 Å². The van der Waals surface area contributed by atoms with Crippen LogP contribution in [-0.2, 0) is 13.7 Å². The molecule has 0 unspecified atom stereocenters. The van der Waals surface area contributed by atoms with Crippen molar-refractivity contribution in [3.63, 3.8) is 0 Å². The third-order valence-corrected chi connectivity index (χ3v) is 4.59. The number of Topliss-reactive ketones (excluding diaryl/α,β-unsaturated/α-hetero) is 1. The minimum Gasteiger partial charge on any atom is -0.489 e. The van der Waals surface area contributed by atoms with Gasteiger partial charge in [-0.05, 0) is 50.1 Å². The van der Waals surface area contributed by atoms with E-state index in [4.69, 9.17) is 9.47 Å². The number of carbonyl (C=O) groups excluding carboxylic acids is 1. The van der Waals surface area contributed by atoms with E-state index in [2.05, 4.69) is 5.10 Å². The van der Waals surface area contributed by atoms with Crippen LogP contribution in [0.25, 0.3) is 5.69 Å². The number of methoxy groups -OCH3 is 1. The Bertz CT molecular complexity index is 1100. The summed E-state index contributed by atoms with van der Waals surface area (Å²) in [5, 5.41) is 4.09. The van der Waals surface area contributed by atoms with E-state index < -0.39 is 0 Å². The fourth-order valence-electron chi connectivity index (χ4n) is 3.11. The minimum absolute atomic E-state index is 0.0283. The number of ether oxygens (including phenoxy) is 2. The lowest BCUT2D eigenvalue weighted by Gasteiger charge is -2.15. The highest BCUT2D eigenvalue weighted by Crippen LogP contribution is 2.25. The largest absolute Gasteiger partial charge is 0.489 e. The molecule has 28 heavy (non-hydrogen) atoms. The summed E-state index contributed by atoms with van der Waals surface area (Å²) in [7, 11) is 3.04. The van der Waals surface area contributed by atoms with Gasteiger partial charge in [0.2, 0.25) is 0 Å². The molecule has 3 rings (SSSR count). The van der Waals surface area contributed by atoms with E-state index >= 15 is 0 Å². The predicted molar refractivity (Wildman–Crippen MR) is 106 cm³/mol. The van der Waals surface area contributed by atoms with Crippen molar-refractivity contribution >= 4 is 5.78 Å². The number of para-hydroxylation sites is 1. The van der Waals surface area contributed by atoms with Gasteiger partial charge in [0.25, 0.3) is 0 Å². The first-order chi connectivity index (χ1) is 13.3. The van der Waals surface area contributed by atoms with E-state index in [0.717, 1.165) is 16.7 Å². The van der Waals surface area contributed by atoms with E-state index in [1.807, 2.05) is 50.2 Å². The molecule has 1 heterocycles.